The fourth-order valence-electron chi connectivity index (χ4n) is 2.14. The minimum Gasteiger partial charge on any atom is -0.302 e. The van der Waals surface area contributed by atoms with Crippen LogP contribution in [0.4, 0.5) is 0 Å². The number of halogens is 1. The third-order valence-electron chi connectivity index (χ3n) is 2.85. The molecule has 3 aliphatic rings. The quantitative estimate of drug-likeness (QED) is 0.372. The van der Waals surface area contributed by atoms with Crippen molar-refractivity contribution >= 4 is 22.2 Å². The number of alkyl halides is 1. The fourth-order valence-corrected chi connectivity index (χ4v) is 2.93. The highest BCUT2D eigenvalue weighted by atomic mass is 79.9. The molecule has 2 bridgehead atoms. The SMILES string of the molecule is O=C[C@@]1(Br)C[C@H]2C=C[C@@H]1CC2. The number of fused-ring (bicyclic) bond motifs is 2. The first-order valence-electron chi connectivity index (χ1n) is 4.08. The molecule has 1 fully saturated rings. The first kappa shape index (κ1) is 7.53. The molecule has 0 spiro atoms. The first-order valence-corrected chi connectivity index (χ1v) is 4.87. The van der Waals surface area contributed by atoms with E-state index in [0.717, 1.165) is 12.7 Å². The predicted molar refractivity (Wildman–Crippen MR) is 47.7 cm³/mol. The van der Waals surface area contributed by atoms with E-state index < -0.39 is 0 Å². The Balaban J connectivity index is 2.29. The summed E-state index contributed by atoms with van der Waals surface area (Å²) in [7, 11) is 0. The van der Waals surface area contributed by atoms with Gasteiger partial charge in [0, 0.05) is 0 Å². The van der Waals surface area contributed by atoms with Gasteiger partial charge >= 0.3 is 0 Å². The second kappa shape index (κ2) is 2.44. The van der Waals surface area contributed by atoms with Crippen molar-refractivity contribution in [3.8, 4) is 0 Å². The molecule has 0 N–H and O–H groups in total. The van der Waals surface area contributed by atoms with Gasteiger partial charge in [0.2, 0.25) is 0 Å². The van der Waals surface area contributed by atoms with E-state index in [-0.39, 0.29) is 4.32 Å². The Morgan fingerprint density at radius 1 is 1.45 bits per heavy atom. The van der Waals surface area contributed by atoms with Crippen molar-refractivity contribution in [1.29, 1.82) is 0 Å². The molecule has 0 aromatic rings. The molecule has 0 aromatic carbocycles. The number of aldehydes is 1. The minimum absolute atomic E-state index is 0.218. The van der Waals surface area contributed by atoms with Gasteiger partial charge in [-0.25, -0.2) is 0 Å². The van der Waals surface area contributed by atoms with Gasteiger partial charge in [0.05, 0.1) is 4.32 Å². The molecule has 0 aromatic heterocycles. The Bertz CT molecular complexity index is 212. The molecule has 0 heterocycles. The van der Waals surface area contributed by atoms with Crippen molar-refractivity contribution in [3.63, 3.8) is 0 Å². The largest absolute Gasteiger partial charge is 0.302 e. The van der Waals surface area contributed by atoms with Crippen LogP contribution in [0.3, 0.4) is 0 Å². The van der Waals surface area contributed by atoms with Crippen LogP contribution < -0.4 is 0 Å². The monoisotopic (exact) mass is 214 g/mol. The standard InChI is InChI=1S/C9H11BrO/c10-9(6-11)5-7-1-3-8(9)4-2-7/h1,3,6-8H,2,4-5H2/t7-,8+,9-/m0/s1. The molecule has 0 radical (unpaired) electrons. The summed E-state index contributed by atoms with van der Waals surface area (Å²) in [5.41, 5.74) is 0. The van der Waals surface area contributed by atoms with E-state index >= 15 is 0 Å². The molecule has 0 aliphatic heterocycles. The summed E-state index contributed by atoms with van der Waals surface area (Å²) < 4.78 is -0.218. The van der Waals surface area contributed by atoms with Crippen LogP contribution >= 0.6 is 15.9 Å². The van der Waals surface area contributed by atoms with Gasteiger partial charge in [-0.2, -0.15) is 0 Å². The van der Waals surface area contributed by atoms with Crippen LogP contribution in [-0.4, -0.2) is 10.6 Å². The van der Waals surface area contributed by atoms with Gasteiger partial charge in [0.15, 0.2) is 0 Å². The van der Waals surface area contributed by atoms with Crippen molar-refractivity contribution in [2.45, 2.75) is 23.6 Å². The number of hydrogen-bond acceptors (Lipinski definition) is 1. The fraction of sp³-hybridized carbons (Fsp3) is 0.667. The maximum atomic E-state index is 10.8. The third kappa shape index (κ3) is 1.08. The van der Waals surface area contributed by atoms with E-state index in [1.807, 2.05) is 0 Å². The maximum absolute atomic E-state index is 10.8. The molecule has 3 aliphatic carbocycles. The summed E-state index contributed by atoms with van der Waals surface area (Å²) in [6.45, 7) is 0. The van der Waals surface area contributed by atoms with Gasteiger partial charge in [-0.3, -0.25) is 0 Å². The van der Waals surface area contributed by atoms with E-state index in [9.17, 15) is 4.79 Å². The van der Waals surface area contributed by atoms with Gasteiger partial charge in [0.25, 0.3) is 0 Å². The Morgan fingerprint density at radius 2 is 2.27 bits per heavy atom. The molecule has 3 rings (SSSR count). The number of hydrogen-bond donors (Lipinski definition) is 0. The molecule has 0 unspecified atom stereocenters. The zero-order valence-corrected chi connectivity index (χ0v) is 7.88. The van der Waals surface area contributed by atoms with E-state index in [0.29, 0.717) is 11.8 Å². The highest BCUT2D eigenvalue weighted by molar-refractivity contribution is 9.10. The lowest BCUT2D eigenvalue weighted by Gasteiger charge is -2.41. The zero-order valence-electron chi connectivity index (χ0n) is 6.29. The lowest BCUT2D eigenvalue weighted by atomic mass is 9.69. The average molecular weight is 215 g/mol. The number of allylic oxidation sites excluding steroid dienone is 2. The summed E-state index contributed by atoms with van der Waals surface area (Å²) in [4.78, 5) is 10.8. The molecule has 2 heteroatoms. The first-order chi connectivity index (χ1) is 5.24. The van der Waals surface area contributed by atoms with Crippen LogP contribution in [0, 0.1) is 11.8 Å². The van der Waals surface area contributed by atoms with E-state index in [1.165, 1.54) is 12.8 Å². The van der Waals surface area contributed by atoms with Crippen LogP contribution in [0.1, 0.15) is 19.3 Å². The molecular weight excluding hydrogens is 204 g/mol. The maximum Gasteiger partial charge on any atom is 0.137 e. The number of carbonyl (C=O) groups is 1. The third-order valence-corrected chi connectivity index (χ3v) is 3.95. The molecule has 0 amide bonds. The summed E-state index contributed by atoms with van der Waals surface area (Å²) >= 11 is 3.53. The molecule has 1 nitrogen and oxygen atoms in total. The van der Waals surface area contributed by atoms with Crippen molar-refractivity contribution in [3.05, 3.63) is 12.2 Å². The minimum atomic E-state index is -0.218. The summed E-state index contributed by atoms with van der Waals surface area (Å²) in [6, 6.07) is 0. The van der Waals surface area contributed by atoms with Crippen molar-refractivity contribution in [2.24, 2.45) is 11.8 Å². The predicted octanol–water partition coefficient (Wildman–Crippen LogP) is 2.31. The second-order valence-corrected chi connectivity index (χ2v) is 5.05. The Morgan fingerprint density at radius 3 is 2.55 bits per heavy atom. The normalized spacial score (nSPS) is 47.7. The highest BCUT2D eigenvalue weighted by Crippen LogP contribution is 2.46. The molecule has 60 valence electrons. The number of rotatable bonds is 1. The zero-order chi connectivity index (χ0) is 7.90. The Hall–Kier alpha value is -0.110. The van der Waals surface area contributed by atoms with Crippen LogP contribution in [0.2, 0.25) is 0 Å². The lowest BCUT2D eigenvalue weighted by Crippen LogP contribution is -2.41. The van der Waals surface area contributed by atoms with Crippen LogP contribution in [0.25, 0.3) is 0 Å². The summed E-state index contributed by atoms with van der Waals surface area (Å²) in [5.74, 6) is 1.09. The van der Waals surface area contributed by atoms with Crippen molar-refractivity contribution in [2.75, 3.05) is 0 Å². The molecular formula is C9H11BrO. The molecule has 0 saturated heterocycles. The topological polar surface area (TPSA) is 17.1 Å². The molecule has 1 saturated carbocycles. The summed E-state index contributed by atoms with van der Waals surface area (Å²) in [6.07, 6.45) is 8.97. The molecule has 3 atom stereocenters. The van der Waals surface area contributed by atoms with Crippen molar-refractivity contribution in [1.82, 2.24) is 0 Å². The van der Waals surface area contributed by atoms with E-state index in [4.69, 9.17) is 0 Å². The van der Waals surface area contributed by atoms with Crippen molar-refractivity contribution < 1.29 is 4.79 Å². The van der Waals surface area contributed by atoms with Gasteiger partial charge in [-0.05, 0) is 31.1 Å². The smallest absolute Gasteiger partial charge is 0.137 e. The van der Waals surface area contributed by atoms with Crippen LogP contribution in [-0.2, 0) is 4.79 Å². The van der Waals surface area contributed by atoms with Gasteiger partial charge in [-0.15, -0.1) is 0 Å². The Labute approximate surface area is 75.0 Å². The highest BCUT2D eigenvalue weighted by Gasteiger charge is 2.42. The summed E-state index contributed by atoms with van der Waals surface area (Å²) in [5, 5.41) is 0. The van der Waals surface area contributed by atoms with E-state index in [2.05, 4.69) is 28.1 Å². The second-order valence-electron chi connectivity index (χ2n) is 3.58. The molecule has 11 heavy (non-hydrogen) atoms. The number of carbonyl (C=O) groups excluding carboxylic acids is 1. The van der Waals surface area contributed by atoms with Gasteiger partial charge in [0.1, 0.15) is 6.29 Å². The lowest BCUT2D eigenvalue weighted by molar-refractivity contribution is -0.111. The van der Waals surface area contributed by atoms with Gasteiger partial charge in [-0.1, -0.05) is 28.1 Å². The van der Waals surface area contributed by atoms with Crippen LogP contribution in [0.15, 0.2) is 12.2 Å². The van der Waals surface area contributed by atoms with E-state index in [1.54, 1.807) is 0 Å². The Kier molecular flexibility index (Phi) is 1.67. The average Bonchev–Trinajstić information content (AvgIpc) is 2.06. The van der Waals surface area contributed by atoms with Crippen LogP contribution in [0.5, 0.6) is 0 Å². The van der Waals surface area contributed by atoms with Gasteiger partial charge < -0.3 is 4.79 Å².